The molecule has 6 heteroatoms. The molecule has 0 unspecified atom stereocenters. The number of esters is 2. The summed E-state index contributed by atoms with van der Waals surface area (Å²) in [7, 11) is 2.75. The Kier molecular flexibility index (Phi) is 6.64. The second-order valence-corrected chi connectivity index (χ2v) is 8.86. The van der Waals surface area contributed by atoms with Crippen LogP contribution in [0.3, 0.4) is 0 Å². The number of ether oxygens (including phenoxy) is 2. The highest BCUT2D eigenvalue weighted by atomic mass is 16.5. The van der Waals surface area contributed by atoms with Crippen molar-refractivity contribution in [3.8, 4) is 11.1 Å². The van der Waals surface area contributed by atoms with Crippen LogP contribution < -0.4 is 10.6 Å². The highest BCUT2D eigenvalue weighted by Crippen LogP contribution is 2.56. The lowest BCUT2D eigenvalue weighted by atomic mass is 9.67. The van der Waals surface area contributed by atoms with Crippen molar-refractivity contribution >= 4 is 23.3 Å². The van der Waals surface area contributed by atoms with Crippen molar-refractivity contribution in [1.29, 1.82) is 0 Å². The van der Waals surface area contributed by atoms with E-state index in [-0.39, 0.29) is 25.0 Å². The van der Waals surface area contributed by atoms with Crippen molar-refractivity contribution in [1.82, 2.24) is 0 Å². The first kappa shape index (κ1) is 24.1. The molecule has 1 aliphatic carbocycles. The van der Waals surface area contributed by atoms with E-state index >= 15 is 0 Å². The monoisotopic (exact) mass is 492 g/mol. The zero-order valence-electron chi connectivity index (χ0n) is 20.8. The van der Waals surface area contributed by atoms with Crippen molar-refractivity contribution in [2.45, 2.75) is 5.41 Å². The van der Waals surface area contributed by atoms with Crippen molar-refractivity contribution in [2.75, 3.05) is 37.9 Å². The summed E-state index contributed by atoms with van der Waals surface area (Å²) in [5, 5.41) is 6.24. The van der Waals surface area contributed by atoms with Gasteiger partial charge in [0.1, 0.15) is 13.1 Å². The third-order valence-electron chi connectivity index (χ3n) is 6.92. The Labute approximate surface area is 216 Å². The first-order chi connectivity index (χ1) is 18.1. The van der Waals surface area contributed by atoms with Crippen LogP contribution in [0.2, 0.25) is 0 Å². The summed E-state index contributed by atoms with van der Waals surface area (Å²) in [4.78, 5) is 23.2. The van der Waals surface area contributed by atoms with Gasteiger partial charge in [0.15, 0.2) is 0 Å². The highest BCUT2D eigenvalue weighted by Gasteiger charge is 2.45. The molecule has 0 radical (unpaired) electrons. The van der Waals surface area contributed by atoms with Crippen LogP contribution in [0.15, 0.2) is 97.1 Å². The standard InChI is InChI=1S/C31H28N2O4/c1-36-29(34)19-32-23-15-11-21(12-16-23)31(22-13-17-24(18-14-22)33-20-30(35)37-2)27-9-5-3-7-25(27)26-8-4-6-10-28(26)31/h3-18,32-33H,19-20H2,1-2H3. The molecule has 37 heavy (non-hydrogen) atoms. The number of fused-ring (bicyclic) bond motifs is 3. The van der Waals surface area contributed by atoms with Gasteiger partial charge in [-0.3, -0.25) is 9.59 Å². The van der Waals surface area contributed by atoms with Crippen molar-refractivity contribution in [2.24, 2.45) is 0 Å². The predicted molar refractivity (Wildman–Crippen MR) is 145 cm³/mol. The van der Waals surface area contributed by atoms with E-state index in [0.717, 1.165) is 22.5 Å². The molecular formula is C31H28N2O4. The maximum Gasteiger partial charge on any atom is 0.325 e. The molecule has 0 heterocycles. The Morgan fingerprint density at radius 2 is 0.973 bits per heavy atom. The van der Waals surface area contributed by atoms with E-state index in [9.17, 15) is 9.59 Å². The van der Waals surface area contributed by atoms with E-state index in [0.29, 0.717) is 0 Å². The first-order valence-electron chi connectivity index (χ1n) is 12.1. The van der Waals surface area contributed by atoms with Gasteiger partial charge in [-0.1, -0.05) is 72.8 Å². The van der Waals surface area contributed by atoms with E-state index in [1.807, 2.05) is 24.3 Å². The van der Waals surface area contributed by atoms with Crippen LogP contribution in [0.5, 0.6) is 0 Å². The fourth-order valence-corrected chi connectivity index (χ4v) is 5.19. The van der Waals surface area contributed by atoms with Gasteiger partial charge in [0.2, 0.25) is 0 Å². The molecule has 0 aromatic heterocycles. The van der Waals surface area contributed by atoms with E-state index in [2.05, 4.69) is 83.4 Å². The number of hydrogen-bond donors (Lipinski definition) is 2. The molecule has 0 amide bonds. The molecule has 0 aliphatic heterocycles. The van der Waals surface area contributed by atoms with Gasteiger partial charge < -0.3 is 20.1 Å². The third kappa shape index (κ3) is 4.31. The molecule has 5 rings (SSSR count). The minimum atomic E-state index is -0.533. The molecule has 0 spiro atoms. The van der Waals surface area contributed by atoms with Gasteiger partial charge in [-0.25, -0.2) is 0 Å². The normalized spacial score (nSPS) is 12.7. The molecule has 0 atom stereocenters. The lowest BCUT2D eigenvalue weighted by Crippen LogP contribution is -2.28. The summed E-state index contributed by atoms with van der Waals surface area (Å²) < 4.78 is 9.49. The fourth-order valence-electron chi connectivity index (χ4n) is 5.19. The molecule has 0 fully saturated rings. The van der Waals surface area contributed by atoms with Gasteiger partial charge in [-0.15, -0.1) is 0 Å². The average Bonchev–Trinajstić information content (AvgIpc) is 3.26. The summed E-state index contributed by atoms with van der Waals surface area (Å²) in [5.74, 6) is -0.639. The second-order valence-electron chi connectivity index (χ2n) is 8.86. The SMILES string of the molecule is COC(=O)CNc1ccc(C2(c3ccc(NCC(=O)OC)cc3)c3ccccc3-c3ccccc32)cc1. The van der Waals surface area contributed by atoms with E-state index in [1.54, 1.807) is 0 Å². The van der Waals surface area contributed by atoms with Crippen LogP contribution in [-0.4, -0.2) is 39.2 Å². The zero-order chi connectivity index (χ0) is 25.8. The molecule has 0 saturated heterocycles. The number of nitrogens with one attached hydrogen (secondary N) is 2. The summed E-state index contributed by atoms with van der Waals surface area (Å²) in [6.07, 6.45) is 0. The number of methoxy groups -OCH3 is 2. The number of carbonyl (C=O) groups excluding carboxylic acids is 2. The van der Waals surface area contributed by atoms with Crippen molar-refractivity contribution in [3.05, 3.63) is 119 Å². The largest absolute Gasteiger partial charge is 0.468 e. The topological polar surface area (TPSA) is 76.7 Å². The molecule has 0 saturated carbocycles. The average molecular weight is 493 g/mol. The minimum Gasteiger partial charge on any atom is -0.468 e. The number of anilines is 2. The Bertz CT molecular complexity index is 1320. The Morgan fingerprint density at radius 1 is 0.595 bits per heavy atom. The maximum absolute atomic E-state index is 11.6. The Hall–Kier alpha value is -4.58. The van der Waals surface area contributed by atoms with Crippen LogP contribution in [0.4, 0.5) is 11.4 Å². The predicted octanol–water partition coefficient (Wildman–Crippen LogP) is 5.22. The van der Waals surface area contributed by atoms with Crippen molar-refractivity contribution < 1.29 is 19.1 Å². The van der Waals surface area contributed by atoms with Crippen LogP contribution in [0, 0.1) is 0 Å². The molecular weight excluding hydrogens is 464 g/mol. The van der Waals surface area contributed by atoms with Gasteiger partial charge in [-0.05, 0) is 57.6 Å². The Balaban J connectivity index is 1.62. The van der Waals surface area contributed by atoms with Gasteiger partial charge in [0.05, 0.1) is 19.6 Å². The number of rotatable bonds is 8. The molecule has 2 N–H and O–H groups in total. The van der Waals surface area contributed by atoms with Gasteiger partial charge in [0, 0.05) is 11.4 Å². The van der Waals surface area contributed by atoms with Gasteiger partial charge >= 0.3 is 11.9 Å². The number of carbonyl (C=O) groups is 2. The lowest BCUT2D eigenvalue weighted by molar-refractivity contribution is -0.139. The van der Waals surface area contributed by atoms with E-state index in [1.165, 1.54) is 36.5 Å². The highest BCUT2D eigenvalue weighted by molar-refractivity contribution is 5.86. The lowest BCUT2D eigenvalue weighted by Gasteiger charge is -2.34. The van der Waals surface area contributed by atoms with Crippen molar-refractivity contribution in [3.63, 3.8) is 0 Å². The van der Waals surface area contributed by atoms with Crippen LogP contribution in [0.1, 0.15) is 22.3 Å². The molecule has 6 nitrogen and oxygen atoms in total. The van der Waals surface area contributed by atoms with Crippen LogP contribution in [-0.2, 0) is 24.5 Å². The zero-order valence-corrected chi connectivity index (χ0v) is 20.8. The van der Waals surface area contributed by atoms with E-state index < -0.39 is 5.41 Å². The van der Waals surface area contributed by atoms with Crippen LogP contribution >= 0.6 is 0 Å². The number of hydrogen-bond acceptors (Lipinski definition) is 6. The molecule has 1 aliphatic rings. The minimum absolute atomic E-state index is 0.104. The summed E-state index contributed by atoms with van der Waals surface area (Å²) in [6.45, 7) is 0.208. The second kappa shape index (κ2) is 10.2. The third-order valence-corrected chi connectivity index (χ3v) is 6.92. The molecule has 4 aromatic rings. The first-order valence-corrected chi connectivity index (χ1v) is 12.1. The Morgan fingerprint density at radius 3 is 1.35 bits per heavy atom. The summed E-state index contributed by atoms with van der Waals surface area (Å²) in [5.41, 5.74) is 8.21. The molecule has 186 valence electrons. The molecule has 4 aromatic carbocycles. The summed E-state index contributed by atoms with van der Waals surface area (Å²) >= 11 is 0. The number of benzene rings is 4. The van der Waals surface area contributed by atoms with E-state index in [4.69, 9.17) is 9.47 Å². The maximum atomic E-state index is 11.6. The summed E-state index contributed by atoms with van der Waals surface area (Å²) in [6, 6.07) is 33.5. The fraction of sp³-hybridized carbons (Fsp3) is 0.161. The van der Waals surface area contributed by atoms with Gasteiger partial charge in [0.25, 0.3) is 0 Å². The quantitative estimate of drug-likeness (QED) is 0.289. The van der Waals surface area contributed by atoms with Gasteiger partial charge in [-0.2, -0.15) is 0 Å². The molecule has 0 bridgehead atoms. The van der Waals surface area contributed by atoms with Crippen LogP contribution in [0.25, 0.3) is 11.1 Å². The smallest absolute Gasteiger partial charge is 0.325 e.